The topological polar surface area (TPSA) is 38.3 Å². The third kappa shape index (κ3) is 5.40. The third-order valence-corrected chi connectivity index (χ3v) is 3.57. The number of amides is 1. The lowest BCUT2D eigenvalue weighted by atomic mass is 10.1. The summed E-state index contributed by atoms with van der Waals surface area (Å²) in [5, 5.41) is 2.83. The fraction of sp³-hybridized carbons (Fsp3) is 0.316. The monoisotopic (exact) mass is 315 g/mol. The maximum absolute atomic E-state index is 13.5. The Morgan fingerprint density at radius 2 is 1.74 bits per heavy atom. The zero-order valence-corrected chi connectivity index (χ0v) is 13.3. The number of benzene rings is 2. The molecule has 0 bridgehead atoms. The van der Waals surface area contributed by atoms with E-state index in [0.717, 1.165) is 11.3 Å². The van der Waals surface area contributed by atoms with E-state index in [1.54, 1.807) is 18.2 Å². The highest BCUT2D eigenvalue weighted by Crippen LogP contribution is 2.19. The molecule has 0 aliphatic rings. The Hall–Kier alpha value is -2.36. The van der Waals surface area contributed by atoms with Crippen LogP contribution in [0, 0.1) is 5.82 Å². The van der Waals surface area contributed by atoms with Crippen molar-refractivity contribution in [1.29, 1.82) is 0 Å². The summed E-state index contributed by atoms with van der Waals surface area (Å²) in [6.07, 6.45) is 1.51. The molecule has 2 rings (SSSR count). The van der Waals surface area contributed by atoms with E-state index in [9.17, 15) is 9.18 Å². The maximum Gasteiger partial charge on any atom is 0.220 e. The molecule has 122 valence electrons. The van der Waals surface area contributed by atoms with Gasteiger partial charge in [-0.1, -0.05) is 36.4 Å². The molecule has 0 aromatic heterocycles. The van der Waals surface area contributed by atoms with Crippen molar-refractivity contribution in [3.63, 3.8) is 0 Å². The van der Waals surface area contributed by atoms with Crippen LogP contribution in [-0.2, 0) is 17.6 Å². The first-order valence-corrected chi connectivity index (χ1v) is 7.91. The van der Waals surface area contributed by atoms with Crippen molar-refractivity contribution in [2.45, 2.75) is 26.2 Å². The standard InChI is InChI=1S/C19H22FNO2/c1-2-23-18-10-6-4-8-16(18)11-12-19(22)21-14-13-15-7-3-5-9-17(15)20/h3-10H,2,11-14H2,1H3,(H,21,22). The molecule has 1 amide bonds. The molecule has 2 aromatic rings. The first kappa shape index (κ1) is 17.0. The lowest BCUT2D eigenvalue weighted by Crippen LogP contribution is -2.26. The quantitative estimate of drug-likeness (QED) is 0.809. The minimum absolute atomic E-state index is 0.0346. The largest absolute Gasteiger partial charge is 0.494 e. The normalized spacial score (nSPS) is 10.3. The van der Waals surface area contributed by atoms with Crippen LogP contribution in [0.4, 0.5) is 4.39 Å². The summed E-state index contributed by atoms with van der Waals surface area (Å²) in [5.41, 5.74) is 1.65. The van der Waals surface area contributed by atoms with Gasteiger partial charge in [0, 0.05) is 13.0 Å². The Morgan fingerprint density at radius 1 is 1.04 bits per heavy atom. The number of carbonyl (C=O) groups is 1. The average molecular weight is 315 g/mol. The van der Waals surface area contributed by atoms with Gasteiger partial charge in [0.05, 0.1) is 6.61 Å². The third-order valence-electron chi connectivity index (χ3n) is 3.57. The van der Waals surface area contributed by atoms with Crippen LogP contribution in [0.1, 0.15) is 24.5 Å². The van der Waals surface area contributed by atoms with Crippen LogP contribution in [-0.4, -0.2) is 19.1 Å². The summed E-state index contributed by atoms with van der Waals surface area (Å²) in [7, 11) is 0. The van der Waals surface area contributed by atoms with Gasteiger partial charge in [0.25, 0.3) is 0 Å². The molecule has 0 atom stereocenters. The highest BCUT2D eigenvalue weighted by atomic mass is 19.1. The van der Waals surface area contributed by atoms with E-state index >= 15 is 0 Å². The highest BCUT2D eigenvalue weighted by Gasteiger charge is 2.07. The van der Waals surface area contributed by atoms with Crippen LogP contribution in [0.3, 0.4) is 0 Å². The lowest BCUT2D eigenvalue weighted by molar-refractivity contribution is -0.121. The predicted octanol–water partition coefficient (Wildman–Crippen LogP) is 3.52. The Labute approximate surface area is 136 Å². The molecular weight excluding hydrogens is 293 g/mol. The first-order chi connectivity index (χ1) is 11.2. The summed E-state index contributed by atoms with van der Waals surface area (Å²) in [6.45, 7) is 2.98. The predicted molar refractivity (Wildman–Crippen MR) is 89.0 cm³/mol. The van der Waals surface area contributed by atoms with Crippen LogP contribution >= 0.6 is 0 Å². The zero-order valence-electron chi connectivity index (χ0n) is 13.3. The fourth-order valence-corrected chi connectivity index (χ4v) is 2.38. The summed E-state index contributed by atoms with van der Waals surface area (Å²) in [4.78, 5) is 11.9. The van der Waals surface area contributed by atoms with Gasteiger partial charge in [-0.15, -0.1) is 0 Å². The van der Waals surface area contributed by atoms with Crippen molar-refractivity contribution in [2.75, 3.05) is 13.2 Å². The minimum Gasteiger partial charge on any atom is -0.494 e. The summed E-state index contributed by atoms with van der Waals surface area (Å²) < 4.78 is 19.0. The molecule has 0 unspecified atom stereocenters. The van der Waals surface area contributed by atoms with E-state index in [-0.39, 0.29) is 11.7 Å². The molecule has 1 N–H and O–H groups in total. The average Bonchev–Trinajstić information content (AvgIpc) is 2.56. The number of rotatable bonds is 8. The molecular formula is C19H22FNO2. The number of hydrogen-bond donors (Lipinski definition) is 1. The van der Waals surface area contributed by atoms with Gasteiger partial charge in [0.1, 0.15) is 11.6 Å². The molecule has 0 aliphatic carbocycles. The van der Waals surface area contributed by atoms with Gasteiger partial charge in [0.15, 0.2) is 0 Å². The van der Waals surface area contributed by atoms with E-state index in [0.29, 0.717) is 38.0 Å². The number of nitrogens with one attached hydrogen (secondary N) is 1. The van der Waals surface area contributed by atoms with E-state index < -0.39 is 0 Å². The number of carbonyl (C=O) groups excluding carboxylic acids is 1. The molecule has 0 heterocycles. The number of para-hydroxylation sites is 1. The van der Waals surface area contributed by atoms with Crippen molar-refractivity contribution in [3.05, 3.63) is 65.5 Å². The summed E-state index contributed by atoms with van der Waals surface area (Å²) >= 11 is 0. The van der Waals surface area contributed by atoms with Crippen LogP contribution in [0.2, 0.25) is 0 Å². The smallest absolute Gasteiger partial charge is 0.220 e. The molecule has 4 heteroatoms. The second-order valence-corrected chi connectivity index (χ2v) is 5.23. The molecule has 0 aliphatic heterocycles. The minimum atomic E-state index is -0.229. The summed E-state index contributed by atoms with van der Waals surface area (Å²) in [6, 6.07) is 14.4. The van der Waals surface area contributed by atoms with Gasteiger partial charge in [-0.3, -0.25) is 4.79 Å². The van der Waals surface area contributed by atoms with Crippen LogP contribution < -0.4 is 10.1 Å². The van der Waals surface area contributed by atoms with Crippen LogP contribution in [0.25, 0.3) is 0 Å². The Morgan fingerprint density at radius 3 is 2.48 bits per heavy atom. The Bertz CT molecular complexity index is 643. The van der Waals surface area contributed by atoms with Crippen LogP contribution in [0.5, 0.6) is 5.75 Å². The molecule has 0 saturated heterocycles. The van der Waals surface area contributed by atoms with E-state index in [1.807, 2.05) is 31.2 Å². The van der Waals surface area contributed by atoms with Gasteiger partial charge in [-0.05, 0) is 43.0 Å². The van der Waals surface area contributed by atoms with Gasteiger partial charge >= 0.3 is 0 Å². The second kappa shape index (κ2) is 8.93. The summed E-state index contributed by atoms with van der Waals surface area (Å²) in [5.74, 6) is 0.564. The van der Waals surface area contributed by atoms with Gasteiger partial charge in [0.2, 0.25) is 5.91 Å². The number of ether oxygens (including phenoxy) is 1. The molecule has 0 fully saturated rings. The molecule has 3 nitrogen and oxygen atoms in total. The van der Waals surface area contributed by atoms with Crippen molar-refractivity contribution in [2.24, 2.45) is 0 Å². The van der Waals surface area contributed by atoms with Crippen molar-refractivity contribution in [1.82, 2.24) is 5.32 Å². The van der Waals surface area contributed by atoms with Crippen molar-refractivity contribution in [3.8, 4) is 5.75 Å². The number of halogens is 1. The van der Waals surface area contributed by atoms with E-state index in [4.69, 9.17) is 4.74 Å². The van der Waals surface area contributed by atoms with Gasteiger partial charge in [-0.25, -0.2) is 4.39 Å². The SMILES string of the molecule is CCOc1ccccc1CCC(=O)NCCc1ccccc1F. The zero-order chi connectivity index (χ0) is 16.5. The first-order valence-electron chi connectivity index (χ1n) is 7.91. The lowest BCUT2D eigenvalue weighted by Gasteiger charge is -2.10. The fourth-order valence-electron chi connectivity index (χ4n) is 2.38. The molecule has 0 spiro atoms. The van der Waals surface area contributed by atoms with E-state index in [2.05, 4.69) is 5.32 Å². The van der Waals surface area contributed by atoms with Gasteiger partial charge in [-0.2, -0.15) is 0 Å². The molecule has 2 aromatic carbocycles. The number of aryl methyl sites for hydroxylation is 1. The van der Waals surface area contributed by atoms with E-state index in [1.165, 1.54) is 6.07 Å². The van der Waals surface area contributed by atoms with Gasteiger partial charge < -0.3 is 10.1 Å². The van der Waals surface area contributed by atoms with Crippen molar-refractivity contribution >= 4 is 5.91 Å². The number of hydrogen-bond acceptors (Lipinski definition) is 2. The van der Waals surface area contributed by atoms with Crippen LogP contribution in [0.15, 0.2) is 48.5 Å². The highest BCUT2D eigenvalue weighted by molar-refractivity contribution is 5.76. The molecule has 0 saturated carbocycles. The molecule has 23 heavy (non-hydrogen) atoms. The van der Waals surface area contributed by atoms with Crippen molar-refractivity contribution < 1.29 is 13.9 Å². The maximum atomic E-state index is 13.5. The second-order valence-electron chi connectivity index (χ2n) is 5.23. The Balaban J connectivity index is 1.76. The Kier molecular flexibility index (Phi) is 6.60. The molecule has 0 radical (unpaired) electrons.